The van der Waals surface area contributed by atoms with Crippen molar-refractivity contribution in [3.05, 3.63) is 48.6 Å². The third kappa shape index (κ3) is 52.2. The predicted octanol–water partition coefficient (Wildman–Crippen LogP) is 18.7. The number of ether oxygens (including phenoxy) is 3. The number of allylic oxidation sites excluding steroid dienone is 8. The molecule has 1 atom stereocenters. The Balaban J connectivity index is 4.33. The van der Waals surface area contributed by atoms with Gasteiger partial charge in [0.15, 0.2) is 6.10 Å². The average molecular weight is 911 g/mol. The summed E-state index contributed by atoms with van der Waals surface area (Å²) in [6.45, 7) is 6.53. The van der Waals surface area contributed by atoms with Crippen LogP contribution in [0.2, 0.25) is 0 Å². The van der Waals surface area contributed by atoms with Crippen LogP contribution in [0.25, 0.3) is 0 Å². The van der Waals surface area contributed by atoms with Gasteiger partial charge < -0.3 is 14.2 Å². The molecule has 0 heterocycles. The van der Waals surface area contributed by atoms with Crippen LogP contribution in [-0.2, 0) is 28.6 Å². The summed E-state index contributed by atoms with van der Waals surface area (Å²) in [5.41, 5.74) is 0. The fourth-order valence-corrected chi connectivity index (χ4v) is 8.14. The Kier molecular flexibility index (Phi) is 51.8. The largest absolute Gasteiger partial charge is 0.462 e. The van der Waals surface area contributed by atoms with Crippen molar-refractivity contribution in [2.45, 2.75) is 297 Å². The van der Waals surface area contributed by atoms with Gasteiger partial charge in [-0.2, -0.15) is 0 Å². The lowest BCUT2D eigenvalue weighted by Gasteiger charge is -2.18. The Morgan fingerprint density at radius 2 is 0.600 bits per heavy atom. The fraction of sp³-hybridized carbons (Fsp3) is 0.814. The monoisotopic (exact) mass is 911 g/mol. The zero-order valence-corrected chi connectivity index (χ0v) is 43.3. The topological polar surface area (TPSA) is 78.9 Å². The van der Waals surface area contributed by atoms with E-state index in [0.717, 1.165) is 96.3 Å². The summed E-state index contributed by atoms with van der Waals surface area (Å²) in [6.07, 6.45) is 65.3. The van der Waals surface area contributed by atoms with Crippen molar-refractivity contribution in [1.82, 2.24) is 0 Å². The third-order valence-electron chi connectivity index (χ3n) is 12.3. The number of rotatable bonds is 51. The predicted molar refractivity (Wildman–Crippen MR) is 279 cm³/mol. The fourth-order valence-electron chi connectivity index (χ4n) is 8.14. The van der Waals surface area contributed by atoms with E-state index in [0.29, 0.717) is 19.3 Å². The molecule has 65 heavy (non-hydrogen) atoms. The molecule has 0 aliphatic rings. The summed E-state index contributed by atoms with van der Waals surface area (Å²) >= 11 is 0. The van der Waals surface area contributed by atoms with Gasteiger partial charge in [-0.15, -0.1) is 0 Å². The number of carbonyl (C=O) groups excluding carboxylic acids is 3. The highest BCUT2D eigenvalue weighted by Gasteiger charge is 2.19. The Labute approximate surface area is 403 Å². The van der Waals surface area contributed by atoms with Crippen LogP contribution in [0, 0.1) is 0 Å². The Hall–Kier alpha value is -2.63. The van der Waals surface area contributed by atoms with Crippen LogP contribution in [0.15, 0.2) is 48.6 Å². The van der Waals surface area contributed by atoms with Crippen LogP contribution in [0.4, 0.5) is 0 Å². The van der Waals surface area contributed by atoms with E-state index < -0.39 is 6.10 Å². The minimum Gasteiger partial charge on any atom is -0.462 e. The molecule has 0 N–H and O–H groups in total. The van der Waals surface area contributed by atoms with E-state index in [1.807, 2.05) is 0 Å². The maximum atomic E-state index is 12.8. The van der Waals surface area contributed by atoms with Crippen LogP contribution in [0.3, 0.4) is 0 Å². The zero-order valence-electron chi connectivity index (χ0n) is 43.3. The summed E-state index contributed by atoms with van der Waals surface area (Å²) in [4.78, 5) is 38.1. The molecule has 0 aromatic heterocycles. The highest BCUT2D eigenvalue weighted by molar-refractivity contribution is 5.71. The lowest BCUT2D eigenvalue weighted by Crippen LogP contribution is -2.30. The molecular weight excluding hydrogens is 805 g/mol. The maximum absolute atomic E-state index is 12.8. The molecule has 0 bridgehead atoms. The van der Waals surface area contributed by atoms with Crippen molar-refractivity contribution in [2.75, 3.05) is 13.2 Å². The second kappa shape index (κ2) is 54.0. The first-order chi connectivity index (χ1) is 32.0. The molecule has 0 aromatic rings. The lowest BCUT2D eigenvalue weighted by molar-refractivity contribution is -0.167. The minimum atomic E-state index is -0.781. The van der Waals surface area contributed by atoms with Gasteiger partial charge in [-0.3, -0.25) is 14.4 Å². The summed E-state index contributed by atoms with van der Waals surface area (Å²) < 4.78 is 16.8. The molecular formula is C59H106O6. The summed E-state index contributed by atoms with van der Waals surface area (Å²) in [5.74, 6) is -0.889. The van der Waals surface area contributed by atoms with E-state index >= 15 is 0 Å². The second-order valence-corrected chi connectivity index (χ2v) is 18.8. The zero-order chi connectivity index (χ0) is 47.2. The number of unbranched alkanes of at least 4 members (excludes halogenated alkanes) is 32. The van der Waals surface area contributed by atoms with Crippen molar-refractivity contribution < 1.29 is 28.6 Å². The first kappa shape index (κ1) is 62.4. The molecule has 0 aliphatic carbocycles. The van der Waals surface area contributed by atoms with Crippen molar-refractivity contribution in [3.63, 3.8) is 0 Å². The first-order valence-corrected chi connectivity index (χ1v) is 28.1. The second-order valence-electron chi connectivity index (χ2n) is 18.8. The van der Waals surface area contributed by atoms with Crippen LogP contribution in [0.1, 0.15) is 290 Å². The van der Waals surface area contributed by atoms with Gasteiger partial charge in [0, 0.05) is 19.3 Å². The molecule has 0 radical (unpaired) electrons. The lowest BCUT2D eigenvalue weighted by atomic mass is 10.0. The number of esters is 3. The molecule has 0 aliphatic heterocycles. The molecule has 0 rings (SSSR count). The number of hydrogen-bond donors (Lipinski definition) is 0. The molecule has 378 valence electrons. The molecule has 0 amide bonds. The third-order valence-corrected chi connectivity index (χ3v) is 12.3. The minimum absolute atomic E-state index is 0.0791. The van der Waals surface area contributed by atoms with Crippen molar-refractivity contribution >= 4 is 17.9 Å². The van der Waals surface area contributed by atoms with Crippen molar-refractivity contribution in [2.24, 2.45) is 0 Å². The molecule has 0 saturated heterocycles. The maximum Gasteiger partial charge on any atom is 0.306 e. The summed E-state index contributed by atoms with van der Waals surface area (Å²) in [5, 5.41) is 0. The van der Waals surface area contributed by atoms with Gasteiger partial charge in [-0.1, -0.05) is 262 Å². The standard InChI is InChI=1S/C59H106O6/c1-4-7-10-13-16-19-22-24-26-28-29-31-32-34-37-40-43-46-49-52-58(61)64-55-56(54-63-57(60)51-48-45-42-39-36-21-18-15-12-9-6-3)65-59(62)53-50-47-44-41-38-35-33-30-27-25-23-20-17-14-11-8-5-2/h8,11,17,20,25,27,33,35,56H,4-7,9-10,12-16,18-19,21-24,26,28-32,34,36-55H2,1-3H3/b11-8-,20-17-,27-25-,35-33-/t56-/m0/s1. The van der Waals surface area contributed by atoms with Gasteiger partial charge in [0.1, 0.15) is 13.2 Å². The van der Waals surface area contributed by atoms with Gasteiger partial charge >= 0.3 is 17.9 Å². The smallest absolute Gasteiger partial charge is 0.306 e. The van der Waals surface area contributed by atoms with Gasteiger partial charge in [0.25, 0.3) is 0 Å². The molecule has 0 fully saturated rings. The van der Waals surface area contributed by atoms with Crippen LogP contribution in [-0.4, -0.2) is 37.2 Å². The molecule has 0 unspecified atom stereocenters. The van der Waals surface area contributed by atoms with Crippen LogP contribution in [0.5, 0.6) is 0 Å². The normalized spacial score (nSPS) is 12.4. The van der Waals surface area contributed by atoms with Crippen LogP contribution < -0.4 is 0 Å². The van der Waals surface area contributed by atoms with E-state index in [9.17, 15) is 14.4 Å². The van der Waals surface area contributed by atoms with Crippen molar-refractivity contribution in [3.8, 4) is 0 Å². The quantitative estimate of drug-likeness (QED) is 0.0262. The number of hydrogen-bond acceptors (Lipinski definition) is 6. The van der Waals surface area contributed by atoms with E-state index in [2.05, 4.69) is 69.4 Å². The van der Waals surface area contributed by atoms with E-state index in [1.54, 1.807) is 0 Å². The van der Waals surface area contributed by atoms with Gasteiger partial charge in [0.05, 0.1) is 0 Å². The molecule has 6 nitrogen and oxygen atoms in total. The van der Waals surface area contributed by atoms with Gasteiger partial charge in [0.2, 0.25) is 0 Å². The number of carbonyl (C=O) groups is 3. The SMILES string of the molecule is CC/C=C\C/C=C\C/C=C\C/C=C\CCCCCCC(=O)O[C@@H](COC(=O)CCCCCCCCCCCCC)COC(=O)CCCCCCCCCCCCCCCCCCCCC. The van der Waals surface area contributed by atoms with Crippen molar-refractivity contribution in [1.29, 1.82) is 0 Å². The Morgan fingerprint density at radius 1 is 0.323 bits per heavy atom. The summed E-state index contributed by atoms with van der Waals surface area (Å²) in [6, 6.07) is 0. The highest BCUT2D eigenvalue weighted by atomic mass is 16.6. The summed E-state index contributed by atoms with van der Waals surface area (Å²) in [7, 11) is 0. The average Bonchev–Trinajstić information content (AvgIpc) is 3.30. The van der Waals surface area contributed by atoms with Gasteiger partial charge in [-0.05, 0) is 57.8 Å². The highest BCUT2D eigenvalue weighted by Crippen LogP contribution is 2.16. The van der Waals surface area contributed by atoms with E-state index in [1.165, 1.54) is 154 Å². The van der Waals surface area contributed by atoms with E-state index in [-0.39, 0.29) is 31.1 Å². The molecule has 0 aromatic carbocycles. The Morgan fingerprint density at radius 3 is 0.938 bits per heavy atom. The van der Waals surface area contributed by atoms with E-state index in [4.69, 9.17) is 14.2 Å². The van der Waals surface area contributed by atoms with Gasteiger partial charge in [-0.25, -0.2) is 0 Å². The molecule has 0 saturated carbocycles. The molecule has 0 spiro atoms. The van der Waals surface area contributed by atoms with Crippen LogP contribution >= 0.6 is 0 Å². The first-order valence-electron chi connectivity index (χ1n) is 28.1. The Bertz CT molecular complexity index is 1140. The molecule has 6 heteroatoms.